The Kier molecular flexibility index (Phi) is 10.1. The second-order valence-corrected chi connectivity index (χ2v) is 14.2. The minimum Gasteiger partial charge on any atom is -0.412 e. The molecule has 0 unspecified atom stereocenters. The molecule has 0 saturated heterocycles. The number of hydrogen-bond acceptors (Lipinski definition) is 4. The van der Waals surface area contributed by atoms with Crippen molar-refractivity contribution < 1.29 is 20.8 Å². The summed E-state index contributed by atoms with van der Waals surface area (Å²) >= 11 is 0. The fourth-order valence-corrected chi connectivity index (χ4v) is 10.4. The van der Waals surface area contributed by atoms with Gasteiger partial charge < -0.3 is 26.5 Å². The predicted molar refractivity (Wildman–Crippen MR) is 150 cm³/mol. The van der Waals surface area contributed by atoms with Crippen molar-refractivity contribution in [2.45, 2.75) is 129 Å². The molecule has 4 fully saturated rings. The van der Waals surface area contributed by atoms with Crippen LogP contribution in [0, 0.1) is 52.3 Å². The van der Waals surface area contributed by atoms with Crippen molar-refractivity contribution >= 4 is 12.4 Å². The van der Waals surface area contributed by atoms with Gasteiger partial charge in [0.05, 0.1) is 6.10 Å². The van der Waals surface area contributed by atoms with E-state index in [1.165, 1.54) is 38.5 Å². The van der Waals surface area contributed by atoms with Crippen molar-refractivity contribution in [2.75, 3.05) is 6.54 Å². The summed E-state index contributed by atoms with van der Waals surface area (Å²) in [7, 11) is 0. The average Bonchev–Trinajstić information content (AvgIpc) is 3.13. The molecule has 5 nitrogen and oxygen atoms in total. The Morgan fingerprint density at radius 3 is 2.17 bits per heavy atom. The Hall–Kier alpha value is 0.0900. The van der Waals surface area contributed by atoms with Gasteiger partial charge in [-0.2, -0.15) is 0 Å². The molecule has 4 saturated carbocycles. The molecule has 0 aromatic heterocycles. The monoisotopic (exact) mass is 531 g/mol. The Morgan fingerprint density at radius 2 is 1.58 bits per heavy atom. The van der Waals surface area contributed by atoms with E-state index in [9.17, 15) is 15.3 Å². The second kappa shape index (κ2) is 11.3. The number of halogens is 1. The molecule has 7 N–H and O–H groups in total. The molecular formula is C30H58ClNO4. The van der Waals surface area contributed by atoms with E-state index in [2.05, 4.69) is 41.5 Å². The van der Waals surface area contributed by atoms with Crippen LogP contribution in [-0.2, 0) is 0 Å². The lowest BCUT2D eigenvalue weighted by molar-refractivity contribution is -0.303. The highest BCUT2D eigenvalue weighted by atomic mass is 35.5. The normalized spacial score (nSPS) is 47.6. The van der Waals surface area contributed by atoms with Crippen LogP contribution in [0.3, 0.4) is 0 Å². The van der Waals surface area contributed by atoms with Gasteiger partial charge in [-0.25, -0.2) is 0 Å². The van der Waals surface area contributed by atoms with E-state index in [-0.39, 0.29) is 36.3 Å². The summed E-state index contributed by atoms with van der Waals surface area (Å²) in [5.41, 5.74) is 3.57. The molecule has 4 aliphatic rings. The van der Waals surface area contributed by atoms with Gasteiger partial charge in [0.25, 0.3) is 0 Å². The molecule has 0 bridgehead atoms. The van der Waals surface area contributed by atoms with Gasteiger partial charge in [0.2, 0.25) is 0 Å². The molecule has 0 aromatic carbocycles. The Morgan fingerprint density at radius 1 is 0.917 bits per heavy atom. The third-order valence-corrected chi connectivity index (χ3v) is 12.6. The molecule has 0 heterocycles. The lowest BCUT2D eigenvalue weighted by atomic mass is 9.39. The van der Waals surface area contributed by atoms with E-state index < -0.39 is 17.3 Å². The standard InChI is InChI=1S/C30H55NO3.ClH.H2O/c1-7-21(19(2)3)9-8-20(4)24-10-11-25-23-17-29(33,18-31)30(34)16-22(32)12-15-28(30,6)26(23)13-14-27(24,25)5;;/h19-26,32-34H,7-18,31H2,1-6H3;1H;1H2/t20-,21-,22+,23+,24-,25+,26+,27-,28-,29-,30-;;/m1../s1. The molecule has 214 valence electrons. The third kappa shape index (κ3) is 4.70. The number of hydrogen-bond donors (Lipinski definition) is 4. The summed E-state index contributed by atoms with van der Waals surface area (Å²) < 4.78 is 0. The number of rotatable bonds is 7. The predicted octanol–water partition coefficient (Wildman–Crippen LogP) is 5.12. The lowest BCUT2D eigenvalue weighted by Gasteiger charge is -2.68. The summed E-state index contributed by atoms with van der Waals surface area (Å²) in [6.07, 6.45) is 10.7. The summed E-state index contributed by atoms with van der Waals surface area (Å²) in [4.78, 5) is 0. The zero-order valence-corrected chi connectivity index (χ0v) is 24.7. The van der Waals surface area contributed by atoms with E-state index in [4.69, 9.17) is 5.73 Å². The molecule has 0 aromatic rings. The van der Waals surface area contributed by atoms with E-state index in [1.54, 1.807) is 0 Å². The minimum atomic E-state index is -1.31. The number of aliphatic hydroxyl groups is 3. The molecule has 36 heavy (non-hydrogen) atoms. The fourth-order valence-electron chi connectivity index (χ4n) is 10.4. The number of nitrogens with two attached hydrogens (primary N) is 1. The van der Waals surface area contributed by atoms with Crippen LogP contribution >= 0.6 is 12.4 Å². The van der Waals surface area contributed by atoms with Gasteiger partial charge in [0.15, 0.2) is 0 Å². The van der Waals surface area contributed by atoms with Gasteiger partial charge >= 0.3 is 0 Å². The van der Waals surface area contributed by atoms with Crippen LogP contribution in [0.5, 0.6) is 0 Å². The van der Waals surface area contributed by atoms with Crippen LogP contribution in [-0.4, -0.2) is 44.6 Å². The SMILES string of the molecule is CC[C@H](CC[C@@H](C)[C@H]1CC[C@H]2[C@@H]3C[C@@](O)(CN)[C@@]4(O)C[C@@H](O)CC[C@]4(C)[C@H]3CC[C@]12C)C(C)C.Cl.O. The van der Waals surface area contributed by atoms with Crippen molar-refractivity contribution in [1.82, 2.24) is 0 Å². The highest BCUT2D eigenvalue weighted by Gasteiger charge is 2.71. The molecular weight excluding hydrogens is 474 g/mol. The smallest absolute Gasteiger partial charge is 0.106 e. The van der Waals surface area contributed by atoms with Crippen molar-refractivity contribution in [3.63, 3.8) is 0 Å². The minimum absolute atomic E-state index is 0. The number of fused-ring (bicyclic) bond motifs is 5. The maximum atomic E-state index is 12.0. The zero-order chi connectivity index (χ0) is 25.1. The summed E-state index contributed by atoms with van der Waals surface area (Å²) in [5.74, 6) is 4.55. The fraction of sp³-hybridized carbons (Fsp3) is 1.00. The van der Waals surface area contributed by atoms with Crippen LogP contribution in [0.15, 0.2) is 0 Å². The van der Waals surface area contributed by atoms with Crippen molar-refractivity contribution in [3.8, 4) is 0 Å². The van der Waals surface area contributed by atoms with Gasteiger partial charge in [-0.1, -0.05) is 54.4 Å². The number of aliphatic hydroxyl groups excluding tert-OH is 1. The average molecular weight is 532 g/mol. The lowest BCUT2D eigenvalue weighted by Crippen LogP contribution is -2.75. The highest BCUT2D eigenvalue weighted by molar-refractivity contribution is 5.85. The van der Waals surface area contributed by atoms with Crippen LogP contribution in [0.2, 0.25) is 0 Å². The maximum Gasteiger partial charge on any atom is 0.106 e. The Labute approximate surface area is 227 Å². The second-order valence-electron chi connectivity index (χ2n) is 14.2. The first kappa shape index (κ1) is 32.3. The first-order chi connectivity index (χ1) is 15.9. The van der Waals surface area contributed by atoms with Gasteiger partial charge in [0, 0.05) is 18.4 Å². The highest BCUT2D eigenvalue weighted by Crippen LogP contribution is 2.70. The molecule has 0 aliphatic heterocycles. The largest absolute Gasteiger partial charge is 0.412 e. The molecule has 4 rings (SSSR count). The van der Waals surface area contributed by atoms with E-state index in [0.29, 0.717) is 29.6 Å². The Balaban J connectivity index is 0.00000228. The molecule has 11 atom stereocenters. The van der Waals surface area contributed by atoms with Crippen LogP contribution in [0.25, 0.3) is 0 Å². The van der Waals surface area contributed by atoms with Crippen LogP contribution in [0.1, 0.15) is 112 Å². The van der Waals surface area contributed by atoms with Gasteiger partial charge in [0.1, 0.15) is 11.2 Å². The quantitative estimate of drug-likeness (QED) is 0.364. The molecule has 4 aliphatic carbocycles. The summed E-state index contributed by atoms with van der Waals surface area (Å²) in [5, 5.41) is 34.4. The summed E-state index contributed by atoms with van der Waals surface area (Å²) in [6.45, 7) is 14.5. The van der Waals surface area contributed by atoms with Crippen molar-refractivity contribution in [1.29, 1.82) is 0 Å². The van der Waals surface area contributed by atoms with E-state index >= 15 is 0 Å². The third-order valence-electron chi connectivity index (χ3n) is 12.6. The molecule has 0 radical (unpaired) electrons. The van der Waals surface area contributed by atoms with E-state index in [1.807, 2.05) is 0 Å². The zero-order valence-electron chi connectivity index (χ0n) is 23.9. The Bertz CT molecular complexity index is 738. The van der Waals surface area contributed by atoms with Gasteiger partial charge in [-0.3, -0.25) is 0 Å². The molecule has 6 heteroatoms. The molecule has 0 amide bonds. The van der Waals surface area contributed by atoms with Crippen molar-refractivity contribution in [2.24, 2.45) is 58.0 Å². The first-order valence-electron chi connectivity index (χ1n) is 14.7. The topological polar surface area (TPSA) is 118 Å². The summed E-state index contributed by atoms with van der Waals surface area (Å²) in [6, 6.07) is 0. The van der Waals surface area contributed by atoms with Gasteiger partial charge in [-0.05, 0) is 98.2 Å². The maximum absolute atomic E-state index is 12.0. The van der Waals surface area contributed by atoms with Crippen LogP contribution in [0.4, 0.5) is 0 Å². The van der Waals surface area contributed by atoms with Crippen molar-refractivity contribution in [3.05, 3.63) is 0 Å². The van der Waals surface area contributed by atoms with Crippen LogP contribution < -0.4 is 5.73 Å². The van der Waals surface area contributed by atoms with E-state index in [0.717, 1.165) is 42.9 Å². The van der Waals surface area contributed by atoms with Gasteiger partial charge in [-0.15, -0.1) is 12.4 Å². The molecule has 0 spiro atoms. The first-order valence-corrected chi connectivity index (χ1v) is 14.7.